The SMILES string of the molecule is CCn1c(C(C)Nc2ncc(F)cn2)nc2ccccc21. The third kappa shape index (κ3) is 2.56. The number of benzene rings is 1. The van der Waals surface area contributed by atoms with Gasteiger partial charge in [0.15, 0.2) is 5.82 Å². The number of hydrogen-bond acceptors (Lipinski definition) is 4. The highest BCUT2D eigenvalue weighted by molar-refractivity contribution is 5.76. The highest BCUT2D eigenvalue weighted by Gasteiger charge is 2.16. The maximum Gasteiger partial charge on any atom is 0.223 e. The quantitative estimate of drug-likeness (QED) is 0.800. The van der Waals surface area contributed by atoms with Crippen LogP contribution in [0.4, 0.5) is 10.3 Å². The maximum atomic E-state index is 12.8. The molecule has 2 aromatic heterocycles. The van der Waals surface area contributed by atoms with Crippen molar-refractivity contribution >= 4 is 17.0 Å². The van der Waals surface area contributed by atoms with Gasteiger partial charge in [-0.25, -0.2) is 19.3 Å². The van der Waals surface area contributed by atoms with Crippen molar-refractivity contribution in [3.8, 4) is 0 Å². The molecule has 3 aromatic rings. The van der Waals surface area contributed by atoms with Crippen LogP contribution in [0.1, 0.15) is 25.7 Å². The molecule has 0 spiro atoms. The van der Waals surface area contributed by atoms with E-state index in [2.05, 4.69) is 37.8 Å². The monoisotopic (exact) mass is 285 g/mol. The molecule has 0 bridgehead atoms. The fourth-order valence-electron chi connectivity index (χ4n) is 2.40. The van der Waals surface area contributed by atoms with Crippen LogP contribution in [0.15, 0.2) is 36.7 Å². The Labute approximate surface area is 121 Å². The minimum atomic E-state index is -0.450. The molecule has 1 N–H and O–H groups in total. The molecule has 0 saturated carbocycles. The molecule has 0 amide bonds. The highest BCUT2D eigenvalue weighted by Crippen LogP contribution is 2.22. The first-order valence-electron chi connectivity index (χ1n) is 6.88. The van der Waals surface area contributed by atoms with Gasteiger partial charge in [0.25, 0.3) is 0 Å². The van der Waals surface area contributed by atoms with Gasteiger partial charge in [0.05, 0.1) is 29.5 Å². The molecule has 1 atom stereocenters. The molecule has 108 valence electrons. The lowest BCUT2D eigenvalue weighted by molar-refractivity contribution is 0.612. The molecule has 0 fully saturated rings. The molecule has 0 aliphatic heterocycles. The van der Waals surface area contributed by atoms with Gasteiger partial charge in [-0.1, -0.05) is 12.1 Å². The van der Waals surface area contributed by atoms with E-state index in [0.717, 1.165) is 35.8 Å². The van der Waals surface area contributed by atoms with Gasteiger partial charge in [-0.3, -0.25) is 0 Å². The van der Waals surface area contributed by atoms with E-state index >= 15 is 0 Å². The van der Waals surface area contributed by atoms with E-state index in [-0.39, 0.29) is 6.04 Å². The van der Waals surface area contributed by atoms with Crippen LogP contribution in [-0.4, -0.2) is 19.5 Å². The lowest BCUT2D eigenvalue weighted by Gasteiger charge is -2.15. The standard InChI is InChI=1S/C15H16FN5/c1-3-21-13-7-5-4-6-12(13)20-14(21)10(2)19-15-17-8-11(16)9-18-15/h4-10H,3H2,1-2H3,(H,17,18,19). The Hall–Kier alpha value is -2.50. The number of aromatic nitrogens is 4. The van der Waals surface area contributed by atoms with Crippen LogP contribution in [0.5, 0.6) is 0 Å². The van der Waals surface area contributed by atoms with Crippen LogP contribution in [0, 0.1) is 5.82 Å². The van der Waals surface area contributed by atoms with Gasteiger partial charge in [-0.15, -0.1) is 0 Å². The van der Waals surface area contributed by atoms with Crippen molar-refractivity contribution in [2.75, 3.05) is 5.32 Å². The number of imidazole rings is 1. The maximum absolute atomic E-state index is 12.8. The van der Waals surface area contributed by atoms with E-state index in [1.54, 1.807) is 0 Å². The van der Waals surface area contributed by atoms with Gasteiger partial charge in [0, 0.05) is 6.54 Å². The summed E-state index contributed by atoms with van der Waals surface area (Å²) in [6.07, 6.45) is 2.29. The number of rotatable bonds is 4. The van der Waals surface area contributed by atoms with Crippen molar-refractivity contribution in [2.24, 2.45) is 0 Å². The summed E-state index contributed by atoms with van der Waals surface area (Å²) < 4.78 is 15.0. The Kier molecular flexibility index (Phi) is 3.51. The molecular weight excluding hydrogens is 269 g/mol. The van der Waals surface area contributed by atoms with Gasteiger partial charge >= 0.3 is 0 Å². The Bertz CT molecular complexity index is 750. The fourth-order valence-corrected chi connectivity index (χ4v) is 2.40. The molecule has 21 heavy (non-hydrogen) atoms. The van der Waals surface area contributed by atoms with Crippen LogP contribution < -0.4 is 5.32 Å². The smallest absolute Gasteiger partial charge is 0.223 e. The predicted octanol–water partition coefficient (Wildman–Crippen LogP) is 3.16. The normalized spacial score (nSPS) is 12.5. The molecule has 6 heteroatoms. The molecule has 1 aromatic carbocycles. The minimum Gasteiger partial charge on any atom is -0.345 e. The number of nitrogens with zero attached hydrogens (tertiary/aromatic N) is 4. The third-order valence-electron chi connectivity index (χ3n) is 3.35. The van der Waals surface area contributed by atoms with E-state index in [1.165, 1.54) is 0 Å². The van der Waals surface area contributed by atoms with Crippen molar-refractivity contribution < 1.29 is 4.39 Å². The van der Waals surface area contributed by atoms with Crippen molar-refractivity contribution in [3.05, 3.63) is 48.3 Å². The summed E-state index contributed by atoms with van der Waals surface area (Å²) in [6, 6.07) is 7.94. The number of halogens is 1. The summed E-state index contributed by atoms with van der Waals surface area (Å²) in [5.74, 6) is 0.847. The van der Waals surface area contributed by atoms with Crippen molar-refractivity contribution in [3.63, 3.8) is 0 Å². The number of nitrogens with one attached hydrogen (secondary N) is 1. The molecule has 3 rings (SSSR count). The first kappa shape index (κ1) is 13.5. The Morgan fingerprint density at radius 1 is 1.24 bits per heavy atom. The summed E-state index contributed by atoms with van der Waals surface area (Å²) in [7, 11) is 0. The molecule has 0 radical (unpaired) electrons. The van der Waals surface area contributed by atoms with Crippen molar-refractivity contribution in [1.29, 1.82) is 0 Å². The summed E-state index contributed by atoms with van der Waals surface area (Å²) in [6.45, 7) is 4.89. The Morgan fingerprint density at radius 3 is 2.67 bits per heavy atom. The molecular formula is C15H16FN5. The molecule has 5 nitrogen and oxygen atoms in total. The zero-order valence-electron chi connectivity index (χ0n) is 11.9. The van der Waals surface area contributed by atoms with Gasteiger partial charge in [-0.2, -0.15) is 0 Å². The van der Waals surface area contributed by atoms with Gasteiger partial charge in [0.1, 0.15) is 5.82 Å². The fraction of sp³-hybridized carbons (Fsp3) is 0.267. The Balaban J connectivity index is 1.93. The van der Waals surface area contributed by atoms with Gasteiger partial charge < -0.3 is 9.88 Å². The second kappa shape index (κ2) is 5.47. The number of aryl methyl sites for hydroxylation is 1. The molecule has 2 heterocycles. The van der Waals surface area contributed by atoms with E-state index in [9.17, 15) is 4.39 Å². The van der Waals surface area contributed by atoms with Gasteiger partial charge in [-0.05, 0) is 26.0 Å². The lowest BCUT2D eigenvalue weighted by atomic mass is 10.3. The minimum absolute atomic E-state index is 0.0807. The summed E-state index contributed by atoms with van der Waals surface area (Å²) in [4.78, 5) is 12.5. The van der Waals surface area contributed by atoms with E-state index in [1.807, 2.05) is 25.1 Å². The molecule has 0 saturated heterocycles. The summed E-state index contributed by atoms with van der Waals surface area (Å²) >= 11 is 0. The van der Waals surface area contributed by atoms with Crippen LogP contribution >= 0.6 is 0 Å². The number of para-hydroxylation sites is 2. The zero-order valence-corrected chi connectivity index (χ0v) is 11.9. The summed E-state index contributed by atoms with van der Waals surface area (Å²) in [5.41, 5.74) is 2.06. The Morgan fingerprint density at radius 2 is 1.95 bits per heavy atom. The van der Waals surface area contributed by atoms with Crippen LogP contribution in [0.3, 0.4) is 0 Å². The van der Waals surface area contributed by atoms with Gasteiger partial charge in [0.2, 0.25) is 5.95 Å². The highest BCUT2D eigenvalue weighted by atomic mass is 19.1. The van der Waals surface area contributed by atoms with E-state index < -0.39 is 5.82 Å². The van der Waals surface area contributed by atoms with Crippen LogP contribution in [-0.2, 0) is 6.54 Å². The first-order valence-corrected chi connectivity index (χ1v) is 6.88. The second-order valence-electron chi connectivity index (χ2n) is 4.79. The second-order valence-corrected chi connectivity index (χ2v) is 4.79. The van der Waals surface area contributed by atoms with Crippen molar-refractivity contribution in [1.82, 2.24) is 19.5 Å². The number of anilines is 1. The average molecular weight is 285 g/mol. The lowest BCUT2D eigenvalue weighted by Crippen LogP contribution is -2.15. The molecule has 1 unspecified atom stereocenters. The van der Waals surface area contributed by atoms with E-state index in [0.29, 0.717) is 5.95 Å². The number of hydrogen-bond donors (Lipinski definition) is 1. The van der Waals surface area contributed by atoms with Crippen LogP contribution in [0.25, 0.3) is 11.0 Å². The van der Waals surface area contributed by atoms with E-state index in [4.69, 9.17) is 0 Å². The molecule has 0 aliphatic carbocycles. The summed E-state index contributed by atoms with van der Waals surface area (Å²) in [5, 5.41) is 3.15. The van der Waals surface area contributed by atoms with Crippen molar-refractivity contribution in [2.45, 2.75) is 26.4 Å². The third-order valence-corrected chi connectivity index (χ3v) is 3.35. The largest absolute Gasteiger partial charge is 0.345 e. The topological polar surface area (TPSA) is 55.6 Å². The molecule has 0 aliphatic rings. The first-order chi connectivity index (χ1) is 10.2. The predicted molar refractivity (Wildman–Crippen MR) is 79.4 cm³/mol. The number of fused-ring (bicyclic) bond motifs is 1. The van der Waals surface area contributed by atoms with Crippen LogP contribution in [0.2, 0.25) is 0 Å². The zero-order chi connectivity index (χ0) is 14.8. The average Bonchev–Trinajstić information content (AvgIpc) is 2.88.